The molecular weight excluding hydrogens is 462 g/mol. The first-order valence-electron chi connectivity index (χ1n) is 10.8. The molecule has 0 saturated carbocycles. The van der Waals surface area contributed by atoms with Crippen LogP contribution in [0.1, 0.15) is 25.3 Å². The third-order valence-corrected chi connectivity index (χ3v) is 4.84. The number of benzene rings is 1. The SMILES string of the molecule is CC(O)C(NC(=O)CN)C(=O)NC(CCCN=C(N)N)C(=O)NC(Cc1ccc(O)cc1)C(=O)O. The maximum Gasteiger partial charge on any atom is 0.326 e. The standard InChI is InChI=1S/C21H33N7O7/c1-11(29)17(28-16(31)10-22)19(33)26-14(3-2-8-25-21(23)24)18(32)27-15(20(34)35)9-12-4-6-13(30)7-5-12/h4-7,11,14-15,17,29-30H,2-3,8-10,22H2,1H3,(H,26,33)(H,27,32)(H,28,31)(H,34,35)(H4,23,24,25). The minimum atomic E-state index is -1.40. The van der Waals surface area contributed by atoms with Crippen molar-refractivity contribution >= 4 is 29.7 Å². The van der Waals surface area contributed by atoms with Crippen molar-refractivity contribution in [3.05, 3.63) is 29.8 Å². The first-order valence-corrected chi connectivity index (χ1v) is 10.8. The van der Waals surface area contributed by atoms with Crippen LogP contribution in [0.3, 0.4) is 0 Å². The number of carbonyl (C=O) groups is 4. The Kier molecular flexibility index (Phi) is 12.0. The van der Waals surface area contributed by atoms with E-state index in [2.05, 4.69) is 20.9 Å². The van der Waals surface area contributed by atoms with Crippen LogP contribution >= 0.6 is 0 Å². The molecular formula is C21H33N7O7. The maximum absolute atomic E-state index is 13.0. The van der Waals surface area contributed by atoms with Crippen molar-refractivity contribution in [1.82, 2.24) is 16.0 Å². The van der Waals surface area contributed by atoms with Crippen LogP contribution in [-0.2, 0) is 25.6 Å². The van der Waals surface area contributed by atoms with E-state index in [4.69, 9.17) is 17.2 Å². The highest BCUT2D eigenvalue weighted by Crippen LogP contribution is 2.12. The normalized spacial score (nSPS) is 14.0. The van der Waals surface area contributed by atoms with Gasteiger partial charge in [-0.1, -0.05) is 12.1 Å². The van der Waals surface area contributed by atoms with E-state index in [1.807, 2.05) is 0 Å². The van der Waals surface area contributed by atoms with Crippen LogP contribution < -0.4 is 33.2 Å². The van der Waals surface area contributed by atoms with Gasteiger partial charge in [-0.15, -0.1) is 0 Å². The number of nitrogens with zero attached hydrogens (tertiary/aromatic N) is 1. The molecule has 0 aliphatic carbocycles. The van der Waals surface area contributed by atoms with Gasteiger partial charge in [-0.3, -0.25) is 19.4 Å². The van der Waals surface area contributed by atoms with E-state index in [1.54, 1.807) is 0 Å². The van der Waals surface area contributed by atoms with Crippen molar-refractivity contribution in [2.24, 2.45) is 22.2 Å². The second-order valence-electron chi connectivity index (χ2n) is 7.77. The third kappa shape index (κ3) is 10.7. The number of carbonyl (C=O) groups excluding carboxylic acids is 3. The molecule has 0 fully saturated rings. The van der Waals surface area contributed by atoms with Crippen LogP contribution in [0, 0.1) is 0 Å². The Bertz CT molecular complexity index is 902. The number of carboxylic acid groups (broad SMARTS) is 1. The maximum atomic E-state index is 13.0. The lowest BCUT2D eigenvalue weighted by molar-refractivity contribution is -0.142. The molecule has 0 bridgehead atoms. The highest BCUT2D eigenvalue weighted by atomic mass is 16.4. The van der Waals surface area contributed by atoms with E-state index in [-0.39, 0.29) is 37.5 Å². The number of aromatic hydroxyl groups is 1. The van der Waals surface area contributed by atoms with Gasteiger partial charge >= 0.3 is 5.97 Å². The number of aliphatic hydroxyl groups excluding tert-OH is 1. The largest absolute Gasteiger partial charge is 0.508 e. The Labute approximate surface area is 201 Å². The van der Waals surface area contributed by atoms with Gasteiger partial charge in [0.1, 0.15) is 23.9 Å². The molecule has 194 valence electrons. The number of amides is 3. The first-order chi connectivity index (χ1) is 16.4. The molecule has 1 aromatic carbocycles. The fraction of sp³-hybridized carbons (Fsp3) is 0.476. The van der Waals surface area contributed by atoms with Crippen molar-refractivity contribution in [3.8, 4) is 5.75 Å². The van der Waals surface area contributed by atoms with Gasteiger partial charge in [0.05, 0.1) is 12.6 Å². The Balaban J connectivity index is 3.01. The van der Waals surface area contributed by atoms with Crippen molar-refractivity contribution in [1.29, 1.82) is 0 Å². The highest BCUT2D eigenvalue weighted by molar-refractivity contribution is 5.93. The number of phenols is 1. The molecule has 0 aromatic heterocycles. The molecule has 14 heteroatoms. The number of phenolic OH excluding ortho intramolecular Hbond substituents is 1. The molecule has 0 spiro atoms. The molecule has 35 heavy (non-hydrogen) atoms. The lowest BCUT2D eigenvalue weighted by Gasteiger charge is -2.25. The molecule has 4 atom stereocenters. The van der Waals surface area contributed by atoms with Crippen LogP contribution in [-0.4, -0.2) is 82.3 Å². The number of aliphatic carboxylic acids is 1. The average molecular weight is 496 g/mol. The Morgan fingerprint density at radius 3 is 2.11 bits per heavy atom. The quantitative estimate of drug-likeness (QED) is 0.0712. The lowest BCUT2D eigenvalue weighted by atomic mass is 10.0. The van der Waals surface area contributed by atoms with Gasteiger partial charge in [0.2, 0.25) is 17.7 Å². The van der Waals surface area contributed by atoms with Crippen LogP contribution in [0.25, 0.3) is 0 Å². The van der Waals surface area contributed by atoms with Crippen LogP contribution in [0.15, 0.2) is 29.3 Å². The van der Waals surface area contributed by atoms with Crippen molar-refractivity contribution in [2.45, 2.75) is 50.4 Å². The molecule has 0 heterocycles. The minimum absolute atomic E-state index is 0.00241. The van der Waals surface area contributed by atoms with Gasteiger partial charge < -0.3 is 48.5 Å². The summed E-state index contributed by atoms with van der Waals surface area (Å²) in [6, 6.07) is 1.83. The van der Waals surface area contributed by atoms with Crippen molar-refractivity contribution < 1.29 is 34.5 Å². The van der Waals surface area contributed by atoms with E-state index >= 15 is 0 Å². The van der Waals surface area contributed by atoms with E-state index in [9.17, 15) is 34.5 Å². The Morgan fingerprint density at radius 1 is 1.00 bits per heavy atom. The van der Waals surface area contributed by atoms with Gasteiger partial charge in [-0.05, 0) is 37.5 Å². The fourth-order valence-corrected chi connectivity index (χ4v) is 3.01. The number of nitrogens with two attached hydrogens (primary N) is 3. The first kappa shape index (κ1) is 29.1. The van der Waals surface area contributed by atoms with Crippen LogP contribution in [0.4, 0.5) is 0 Å². The summed E-state index contributed by atoms with van der Waals surface area (Å²) in [6.07, 6.45) is -1.12. The van der Waals surface area contributed by atoms with Gasteiger partial charge in [-0.2, -0.15) is 0 Å². The monoisotopic (exact) mass is 495 g/mol. The van der Waals surface area contributed by atoms with Gasteiger partial charge in [0, 0.05) is 13.0 Å². The third-order valence-electron chi connectivity index (χ3n) is 4.84. The number of aliphatic hydroxyl groups is 1. The summed E-state index contributed by atoms with van der Waals surface area (Å²) in [5.74, 6) is -3.83. The summed E-state index contributed by atoms with van der Waals surface area (Å²) in [5, 5.41) is 35.9. The zero-order valence-corrected chi connectivity index (χ0v) is 19.3. The summed E-state index contributed by atoms with van der Waals surface area (Å²) in [6.45, 7) is 0.991. The lowest BCUT2D eigenvalue weighted by Crippen LogP contribution is -2.58. The van der Waals surface area contributed by atoms with Crippen LogP contribution in [0.5, 0.6) is 5.75 Å². The van der Waals surface area contributed by atoms with Crippen molar-refractivity contribution in [2.75, 3.05) is 13.1 Å². The predicted octanol–water partition coefficient (Wildman–Crippen LogP) is -3.13. The second kappa shape index (κ2) is 14.4. The molecule has 1 aromatic rings. The zero-order valence-electron chi connectivity index (χ0n) is 19.3. The molecule has 0 saturated heterocycles. The second-order valence-corrected chi connectivity index (χ2v) is 7.77. The van der Waals surface area contributed by atoms with E-state index in [0.29, 0.717) is 5.56 Å². The number of hydrogen-bond donors (Lipinski definition) is 9. The number of rotatable bonds is 14. The summed E-state index contributed by atoms with van der Waals surface area (Å²) in [4.78, 5) is 52.8. The molecule has 0 radical (unpaired) electrons. The number of carboxylic acids is 1. The number of guanidine groups is 1. The molecule has 12 N–H and O–H groups in total. The molecule has 0 aliphatic heterocycles. The average Bonchev–Trinajstić information content (AvgIpc) is 2.79. The zero-order chi connectivity index (χ0) is 26.5. The van der Waals surface area contributed by atoms with Gasteiger partial charge in [0.15, 0.2) is 5.96 Å². The number of nitrogens with one attached hydrogen (secondary N) is 3. The summed E-state index contributed by atoms with van der Waals surface area (Å²) in [5.41, 5.74) is 16.4. The molecule has 14 nitrogen and oxygen atoms in total. The number of aliphatic imine (C=N–C) groups is 1. The summed E-state index contributed by atoms with van der Waals surface area (Å²) < 4.78 is 0. The molecule has 1 rings (SSSR count). The summed E-state index contributed by atoms with van der Waals surface area (Å²) >= 11 is 0. The Morgan fingerprint density at radius 2 is 1.60 bits per heavy atom. The van der Waals surface area contributed by atoms with E-state index < -0.39 is 54.5 Å². The highest BCUT2D eigenvalue weighted by Gasteiger charge is 2.31. The minimum Gasteiger partial charge on any atom is -0.508 e. The topological polar surface area (TPSA) is 255 Å². The van der Waals surface area contributed by atoms with Crippen molar-refractivity contribution in [3.63, 3.8) is 0 Å². The van der Waals surface area contributed by atoms with E-state index in [0.717, 1.165) is 0 Å². The van der Waals surface area contributed by atoms with Gasteiger partial charge in [0.25, 0.3) is 0 Å². The summed E-state index contributed by atoms with van der Waals surface area (Å²) in [7, 11) is 0. The molecule has 3 amide bonds. The van der Waals surface area contributed by atoms with Crippen LogP contribution in [0.2, 0.25) is 0 Å². The smallest absolute Gasteiger partial charge is 0.326 e. The fourth-order valence-electron chi connectivity index (χ4n) is 3.01. The Hall–Kier alpha value is -3.91. The van der Waals surface area contributed by atoms with Gasteiger partial charge in [-0.25, -0.2) is 4.79 Å². The molecule has 4 unspecified atom stereocenters. The molecule has 0 aliphatic rings. The van der Waals surface area contributed by atoms with E-state index in [1.165, 1.54) is 31.2 Å². The predicted molar refractivity (Wildman–Crippen MR) is 126 cm³/mol. The number of hydrogen-bond acceptors (Lipinski definition) is 8.